The third kappa shape index (κ3) is 5.66. The van der Waals surface area contributed by atoms with E-state index in [1.54, 1.807) is 42.3 Å². The number of imidazole rings is 1. The summed E-state index contributed by atoms with van der Waals surface area (Å²) in [5, 5.41) is 7.47. The molecule has 4 rings (SSSR count). The van der Waals surface area contributed by atoms with Crippen LogP contribution in [0.5, 0.6) is 0 Å². The second-order valence-corrected chi connectivity index (χ2v) is 8.30. The maximum absolute atomic E-state index is 12.6. The van der Waals surface area contributed by atoms with Gasteiger partial charge in [-0.1, -0.05) is 12.1 Å². The van der Waals surface area contributed by atoms with Crippen LogP contribution in [0.4, 0.5) is 0 Å². The zero-order chi connectivity index (χ0) is 24.8. The van der Waals surface area contributed by atoms with E-state index in [0.29, 0.717) is 12.1 Å². The maximum Gasteiger partial charge on any atom is 0.358 e. The Morgan fingerprint density at radius 1 is 1.03 bits per heavy atom. The molecule has 8 heteroatoms. The van der Waals surface area contributed by atoms with Crippen molar-refractivity contribution in [1.29, 1.82) is 0 Å². The molecule has 0 bridgehead atoms. The Morgan fingerprint density at radius 2 is 1.83 bits per heavy atom. The predicted molar refractivity (Wildman–Crippen MR) is 134 cm³/mol. The summed E-state index contributed by atoms with van der Waals surface area (Å²) < 4.78 is 8.85. The SMILES string of the molecule is CCOC(=O)c1cc(-c2ccc(C)c(C)c2)n(-c2ccc(C(=O)NCCCn3ccnc3)cc2)n1. The maximum atomic E-state index is 12.6. The molecule has 1 N–H and O–H groups in total. The fourth-order valence-electron chi connectivity index (χ4n) is 3.73. The molecular weight excluding hydrogens is 442 g/mol. The van der Waals surface area contributed by atoms with Gasteiger partial charge >= 0.3 is 5.97 Å². The van der Waals surface area contributed by atoms with Gasteiger partial charge in [0.15, 0.2) is 5.69 Å². The van der Waals surface area contributed by atoms with Gasteiger partial charge in [-0.05, 0) is 74.7 Å². The van der Waals surface area contributed by atoms with Crippen LogP contribution >= 0.6 is 0 Å². The molecule has 35 heavy (non-hydrogen) atoms. The molecule has 0 aliphatic carbocycles. The topological polar surface area (TPSA) is 91.0 Å². The number of carbonyl (C=O) groups is 2. The molecule has 180 valence electrons. The number of amides is 1. The number of rotatable bonds is 9. The van der Waals surface area contributed by atoms with Crippen molar-refractivity contribution in [2.45, 2.75) is 33.7 Å². The second-order valence-electron chi connectivity index (χ2n) is 8.30. The molecule has 0 spiro atoms. The molecule has 0 unspecified atom stereocenters. The molecule has 0 radical (unpaired) electrons. The summed E-state index contributed by atoms with van der Waals surface area (Å²) in [4.78, 5) is 29.0. The van der Waals surface area contributed by atoms with Crippen LogP contribution in [-0.2, 0) is 11.3 Å². The van der Waals surface area contributed by atoms with Crippen molar-refractivity contribution in [1.82, 2.24) is 24.6 Å². The lowest BCUT2D eigenvalue weighted by Gasteiger charge is -2.10. The van der Waals surface area contributed by atoms with E-state index in [2.05, 4.69) is 35.3 Å². The van der Waals surface area contributed by atoms with Gasteiger partial charge in [0.1, 0.15) is 0 Å². The Bertz CT molecular complexity index is 1310. The van der Waals surface area contributed by atoms with Crippen molar-refractivity contribution in [3.8, 4) is 16.9 Å². The number of esters is 1. The van der Waals surface area contributed by atoms with E-state index in [0.717, 1.165) is 35.5 Å². The average Bonchev–Trinajstić information content (AvgIpc) is 3.54. The van der Waals surface area contributed by atoms with Crippen LogP contribution in [0.2, 0.25) is 0 Å². The summed E-state index contributed by atoms with van der Waals surface area (Å²) in [5.41, 5.74) is 5.58. The number of aromatic nitrogens is 4. The monoisotopic (exact) mass is 471 g/mol. The highest BCUT2D eigenvalue weighted by atomic mass is 16.5. The zero-order valence-electron chi connectivity index (χ0n) is 20.2. The number of nitrogens with zero attached hydrogens (tertiary/aromatic N) is 4. The van der Waals surface area contributed by atoms with Crippen molar-refractivity contribution >= 4 is 11.9 Å². The van der Waals surface area contributed by atoms with Crippen LogP contribution in [0.3, 0.4) is 0 Å². The first-order valence-electron chi connectivity index (χ1n) is 11.7. The lowest BCUT2D eigenvalue weighted by Crippen LogP contribution is -2.25. The summed E-state index contributed by atoms with van der Waals surface area (Å²) in [6.07, 6.45) is 6.20. The van der Waals surface area contributed by atoms with E-state index in [-0.39, 0.29) is 18.2 Å². The quantitative estimate of drug-likeness (QED) is 0.290. The molecule has 0 fully saturated rings. The minimum atomic E-state index is -0.469. The fourth-order valence-corrected chi connectivity index (χ4v) is 3.73. The first-order valence-corrected chi connectivity index (χ1v) is 11.7. The largest absolute Gasteiger partial charge is 0.461 e. The third-order valence-electron chi connectivity index (χ3n) is 5.81. The van der Waals surface area contributed by atoms with Gasteiger partial charge in [-0.25, -0.2) is 14.5 Å². The summed E-state index contributed by atoms with van der Waals surface area (Å²) in [6.45, 7) is 7.51. The molecule has 2 aromatic carbocycles. The number of carbonyl (C=O) groups excluding carboxylic acids is 2. The van der Waals surface area contributed by atoms with Crippen LogP contribution in [0.15, 0.2) is 67.3 Å². The first kappa shape index (κ1) is 23.9. The molecule has 0 aliphatic heterocycles. The lowest BCUT2D eigenvalue weighted by atomic mass is 10.0. The minimum absolute atomic E-state index is 0.135. The predicted octanol–water partition coefficient (Wildman–Crippen LogP) is 4.35. The number of nitrogens with one attached hydrogen (secondary N) is 1. The van der Waals surface area contributed by atoms with Crippen molar-refractivity contribution < 1.29 is 14.3 Å². The Hall–Kier alpha value is -4.20. The smallest absolute Gasteiger partial charge is 0.358 e. The third-order valence-corrected chi connectivity index (χ3v) is 5.81. The second kappa shape index (κ2) is 10.8. The van der Waals surface area contributed by atoms with Crippen molar-refractivity contribution in [2.75, 3.05) is 13.2 Å². The van der Waals surface area contributed by atoms with Crippen LogP contribution in [-0.4, -0.2) is 44.4 Å². The Kier molecular flexibility index (Phi) is 7.40. The van der Waals surface area contributed by atoms with Crippen LogP contribution in [0.25, 0.3) is 16.9 Å². The van der Waals surface area contributed by atoms with Gasteiger partial charge in [-0.15, -0.1) is 0 Å². The number of ether oxygens (including phenoxy) is 1. The summed E-state index contributed by atoms with van der Waals surface area (Å²) in [5.74, 6) is -0.604. The van der Waals surface area contributed by atoms with Crippen molar-refractivity contribution in [3.63, 3.8) is 0 Å². The normalized spacial score (nSPS) is 10.8. The van der Waals surface area contributed by atoms with E-state index in [1.807, 2.05) is 35.0 Å². The molecule has 0 saturated heterocycles. The molecule has 2 heterocycles. The van der Waals surface area contributed by atoms with Gasteiger partial charge in [-0.2, -0.15) is 5.10 Å². The number of hydrogen-bond donors (Lipinski definition) is 1. The number of hydrogen-bond acceptors (Lipinski definition) is 5. The van der Waals surface area contributed by atoms with E-state index in [1.165, 1.54) is 5.56 Å². The molecule has 0 saturated carbocycles. The van der Waals surface area contributed by atoms with Gasteiger partial charge in [0, 0.05) is 36.6 Å². The molecule has 0 aliphatic rings. The standard InChI is InChI=1S/C27H29N5O3/c1-4-35-27(34)24-17-25(22-7-6-19(2)20(3)16-22)32(30-24)23-10-8-21(9-11-23)26(33)29-12-5-14-31-15-13-28-18-31/h6-11,13,15-18H,4-5,12,14H2,1-3H3,(H,29,33). The Labute approximate surface area is 204 Å². The minimum Gasteiger partial charge on any atom is -0.461 e. The van der Waals surface area contributed by atoms with Gasteiger partial charge in [-0.3, -0.25) is 4.79 Å². The number of benzene rings is 2. The van der Waals surface area contributed by atoms with E-state index < -0.39 is 5.97 Å². The lowest BCUT2D eigenvalue weighted by molar-refractivity contribution is 0.0518. The fraction of sp³-hybridized carbons (Fsp3) is 0.259. The van der Waals surface area contributed by atoms with Crippen molar-refractivity contribution in [3.05, 3.63) is 89.6 Å². The number of aryl methyl sites for hydroxylation is 3. The highest BCUT2D eigenvalue weighted by Crippen LogP contribution is 2.26. The summed E-state index contributed by atoms with van der Waals surface area (Å²) in [7, 11) is 0. The van der Waals surface area contributed by atoms with Gasteiger partial charge in [0.2, 0.25) is 0 Å². The van der Waals surface area contributed by atoms with Crippen LogP contribution in [0.1, 0.15) is 45.3 Å². The Morgan fingerprint density at radius 3 is 2.51 bits per heavy atom. The van der Waals surface area contributed by atoms with Crippen molar-refractivity contribution in [2.24, 2.45) is 0 Å². The van der Waals surface area contributed by atoms with Crippen LogP contribution in [0, 0.1) is 13.8 Å². The average molecular weight is 472 g/mol. The van der Waals surface area contributed by atoms with E-state index in [4.69, 9.17) is 4.74 Å². The highest BCUT2D eigenvalue weighted by molar-refractivity contribution is 5.94. The zero-order valence-corrected chi connectivity index (χ0v) is 20.2. The summed E-state index contributed by atoms with van der Waals surface area (Å²) in [6, 6.07) is 15.0. The molecular formula is C27H29N5O3. The molecule has 1 amide bonds. The first-order chi connectivity index (χ1) is 17.0. The molecule has 2 aromatic heterocycles. The molecule has 8 nitrogen and oxygen atoms in total. The Balaban J connectivity index is 1.53. The summed E-state index contributed by atoms with van der Waals surface area (Å²) >= 11 is 0. The highest BCUT2D eigenvalue weighted by Gasteiger charge is 2.18. The van der Waals surface area contributed by atoms with E-state index >= 15 is 0 Å². The van der Waals surface area contributed by atoms with Crippen LogP contribution < -0.4 is 5.32 Å². The molecule has 4 aromatic rings. The van der Waals surface area contributed by atoms with Gasteiger partial charge in [0.25, 0.3) is 5.91 Å². The van der Waals surface area contributed by atoms with Gasteiger partial charge < -0.3 is 14.6 Å². The van der Waals surface area contributed by atoms with Gasteiger partial charge in [0.05, 0.1) is 24.3 Å². The van der Waals surface area contributed by atoms with E-state index in [9.17, 15) is 9.59 Å². The molecule has 0 atom stereocenters.